The molecule has 0 aliphatic carbocycles. The van der Waals surface area contributed by atoms with Gasteiger partial charge in [-0.3, -0.25) is 15.0 Å². The number of amides is 2. The van der Waals surface area contributed by atoms with Gasteiger partial charge in [0.1, 0.15) is 12.4 Å². The Bertz CT molecular complexity index is 1320. The summed E-state index contributed by atoms with van der Waals surface area (Å²) >= 11 is 21.9. The molecule has 0 unspecified atom stereocenters. The molecular formula is C24H15BrCl2N2O3S2. The zero-order valence-electron chi connectivity index (χ0n) is 17.3. The first-order chi connectivity index (χ1) is 16.3. The predicted molar refractivity (Wildman–Crippen MR) is 144 cm³/mol. The molecule has 1 saturated heterocycles. The SMILES string of the molecule is O=C(NN1C(=O)/C(=C\c2cc(Br)ccc2OCc2ccc(Cl)cc2)SC1=S)c1ccccc1Cl. The minimum absolute atomic E-state index is 0.204. The number of hydrogen-bond donors (Lipinski definition) is 1. The molecule has 34 heavy (non-hydrogen) atoms. The van der Waals surface area contributed by atoms with Gasteiger partial charge < -0.3 is 4.74 Å². The molecule has 3 aromatic rings. The van der Waals surface area contributed by atoms with Gasteiger partial charge in [0.2, 0.25) is 0 Å². The van der Waals surface area contributed by atoms with E-state index in [4.69, 9.17) is 40.2 Å². The summed E-state index contributed by atoms with van der Waals surface area (Å²) in [7, 11) is 0. The number of carbonyl (C=O) groups is 2. The summed E-state index contributed by atoms with van der Waals surface area (Å²) in [6, 6.07) is 19.4. The van der Waals surface area contributed by atoms with Crippen LogP contribution in [0, 0.1) is 0 Å². The molecule has 10 heteroatoms. The summed E-state index contributed by atoms with van der Waals surface area (Å²) in [4.78, 5) is 26.0. The smallest absolute Gasteiger partial charge is 0.285 e. The Labute approximate surface area is 224 Å². The molecule has 1 fully saturated rings. The van der Waals surface area contributed by atoms with Crippen LogP contribution in [-0.2, 0) is 11.4 Å². The number of nitrogens with zero attached hydrogens (tertiary/aromatic N) is 1. The van der Waals surface area contributed by atoms with Crippen molar-refractivity contribution >= 4 is 85.3 Å². The lowest BCUT2D eigenvalue weighted by Crippen LogP contribution is -2.44. The fourth-order valence-electron chi connectivity index (χ4n) is 3.02. The Balaban J connectivity index is 1.53. The molecule has 172 valence electrons. The van der Waals surface area contributed by atoms with Crippen LogP contribution in [0.15, 0.2) is 76.1 Å². The Kier molecular flexibility index (Phi) is 7.95. The molecule has 4 rings (SSSR count). The number of thioether (sulfide) groups is 1. The number of carbonyl (C=O) groups excluding carboxylic acids is 2. The van der Waals surface area contributed by atoms with Crippen molar-refractivity contribution in [3.63, 3.8) is 0 Å². The van der Waals surface area contributed by atoms with Gasteiger partial charge in [-0.05, 0) is 66.3 Å². The monoisotopic (exact) mass is 592 g/mol. The number of rotatable bonds is 6. The molecular weight excluding hydrogens is 579 g/mol. The summed E-state index contributed by atoms with van der Waals surface area (Å²) in [6.07, 6.45) is 1.68. The Morgan fingerprint density at radius 3 is 2.59 bits per heavy atom. The maximum absolute atomic E-state index is 13.0. The van der Waals surface area contributed by atoms with E-state index in [1.54, 1.807) is 42.5 Å². The highest BCUT2D eigenvalue weighted by atomic mass is 79.9. The molecule has 1 aliphatic rings. The first kappa shape index (κ1) is 24.8. The fraction of sp³-hybridized carbons (Fsp3) is 0.0417. The Morgan fingerprint density at radius 1 is 1.12 bits per heavy atom. The number of thiocarbonyl (C=S) groups is 1. The molecule has 1 aliphatic heterocycles. The van der Waals surface area contributed by atoms with Gasteiger partial charge in [-0.1, -0.05) is 75.2 Å². The van der Waals surface area contributed by atoms with E-state index in [1.807, 2.05) is 30.3 Å². The van der Waals surface area contributed by atoms with E-state index < -0.39 is 11.8 Å². The molecule has 5 nitrogen and oxygen atoms in total. The molecule has 0 atom stereocenters. The summed E-state index contributed by atoms with van der Waals surface area (Å²) in [5.74, 6) is -0.389. The third-order valence-corrected chi connectivity index (χ3v) is 7.07. The highest BCUT2D eigenvalue weighted by Crippen LogP contribution is 2.35. The van der Waals surface area contributed by atoms with Gasteiger partial charge in [0.15, 0.2) is 4.32 Å². The van der Waals surface area contributed by atoms with E-state index in [9.17, 15) is 9.59 Å². The molecule has 0 bridgehead atoms. The highest BCUT2D eigenvalue weighted by Gasteiger charge is 2.34. The van der Waals surface area contributed by atoms with Crippen molar-refractivity contribution in [1.29, 1.82) is 0 Å². The first-order valence-electron chi connectivity index (χ1n) is 9.82. The molecule has 1 heterocycles. The summed E-state index contributed by atoms with van der Waals surface area (Å²) in [6.45, 7) is 0.328. The van der Waals surface area contributed by atoms with Crippen LogP contribution in [0.25, 0.3) is 6.08 Å². The van der Waals surface area contributed by atoms with E-state index in [-0.39, 0.29) is 14.9 Å². The van der Waals surface area contributed by atoms with Gasteiger partial charge in [0.25, 0.3) is 11.8 Å². The van der Waals surface area contributed by atoms with E-state index >= 15 is 0 Å². The second kappa shape index (κ2) is 10.9. The van der Waals surface area contributed by atoms with E-state index in [2.05, 4.69) is 21.4 Å². The van der Waals surface area contributed by atoms with Gasteiger partial charge in [-0.25, -0.2) is 0 Å². The summed E-state index contributed by atoms with van der Waals surface area (Å²) < 4.78 is 7.02. The first-order valence-corrected chi connectivity index (χ1v) is 12.6. The van der Waals surface area contributed by atoms with Gasteiger partial charge in [-0.15, -0.1) is 0 Å². The van der Waals surface area contributed by atoms with E-state index in [0.29, 0.717) is 27.8 Å². The predicted octanol–water partition coefficient (Wildman–Crippen LogP) is 6.88. The van der Waals surface area contributed by atoms with Crippen molar-refractivity contribution in [1.82, 2.24) is 10.4 Å². The third-order valence-electron chi connectivity index (χ3n) is 4.69. The van der Waals surface area contributed by atoms with Gasteiger partial charge in [0, 0.05) is 15.1 Å². The molecule has 0 radical (unpaired) electrons. The van der Waals surface area contributed by atoms with Crippen LogP contribution in [0.1, 0.15) is 21.5 Å². The van der Waals surface area contributed by atoms with E-state index in [1.165, 1.54) is 0 Å². The zero-order chi connectivity index (χ0) is 24.2. The van der Waals surface area contributed by atoms with Crippen LogP contribution in [0.5, 0.6) is 5.75 Å². The number of ether oxygens (including phenoxy) is 1. The van der Waals surface area contributed by atoms with Crippen LogP contribution in [0.3, 0.4) is 0 Å². The lowest BCUT2D eigenvalue weighted by Gasteiger charge is -2.16. The Hall–Kier alpha value is -2.36. The van der Waals surface area contributed by atoms with Gasteiger partial charge in [0.05, 0.1) is 15.5 Å². The molecule has 2 amide bonds. The third kappa shape index (κ3) is 5.82. The molecule has 0 saturated carbocycles. The minimum atomic E-state index is -0.530. The maximum atomic E-state index is 13.0. The number of benzene rings is 3. The lowest BCUT2D eigenvalue weighted by molar-refractivity contribution is -0.123. The van der Waals surface area contributed by atoms with Crippen LogP contribution in [0.4, 0.5) is 0 Å². The molecule has 0 spiro atoms. The van der Waals surface area contributed by atoms with Crippen LogP contribution in [-0.4, -0.2) is 21.1 Å². The van der Waals surface area contributed by atoms with Crippen molar-refractivity contribution in [2.45, 2.75) is 6.61 Å². The van der Waals surface area contributed by atoms with Crippen LogP contribution in [0.2, 0.25) is 10.0 Å². The standard InChI is InChI=1S/C24H15BrCl2N2O3S2/c25-16-7-10-20(32-13-14-5-8-17(26)9-6-14)15(11-16)12-21-23(31)29(24(33)34-21)28-22(30)18-3-1-2-4-19(18)27/h1-12H,13H2,(H,28,30)/b21-12+. The largest absolute Gasteiger partial charge is 0.488 e. The second-order valence-electron chi connectivity index (χ2n) is 7.04. The summed E-state index contributed by atoms with van der Waals surface area (Å²) in [5.41, 5.74) is 4.41. The highest BCUT2D eigenvalue weighted by molar-refractivity contribution is 9.10. The Morgan fingerprint density at radius 2 is 1.85 bits per heavy atom. The molecule has 3 aromatic carbocycles. The second-order valence-corrected chi connectivity index (χ2v) is 10.5. The topological polar surface area (TPSA) is 58.6 Å². The maximum Gasteiger partial charge on any atom is 0.285 e. The quantitative estimate of drug-likeness (QED) is 0.249. The average Bonchev–Trinajstić information content (AvgIpc) is 3.07. The van der Waals surface area contributed by atoms with E-state index in [0.717, 1.165) is 26.8 Å². The number of halogens is 3. The zero-order valence-corrected chi connectivity index (χ0v) is 22.0. The van der Waals surface area contributed by atoms with Crippen LogP contribution < -0.4 is 10.2 Å². The van der Waals surface area contributed by atoms with Gasteiger partial charge >= 0.3 is 0 Å². The van der Waals surface area contributed by atoms with Crippen molar-refractivity contribution < 1.29 is 14.3 Å². The van der Waals surface area contributed by atoms with Crippen molar-refractivity contribution in [3.8, 4) is 5.75 Å². The van der Waals surface area contributed by atoms with Crippen molar-refractivity contribution in [2.75, 3.05) is 0 Å². The fourth-order valence-corrected chi connectivity index (χ4v) is 4.91. The normalized spacial score (nSPS) is 14.6. The van der Waals surface area contributed by atoms with Crippen LogP contribution >= 0.6 is 63.1 Å². The average molecular weight is 594 g/mol. The van der Waals surface area contributed by atoms with Gasteiger partial charge in [-0.2, -0.15) is 5.01 Å². The lowest BCUT2D eigenvalue weighted by atomic mass is 10.1. The molecule has 0 aromatic heterocycles. The molecule has 1 N–H and O–H groups in total. The number of nitrogens with one attached hydrogen (secondary N) is 1. The number of hydrogen-bond acceptors (Lipinski definition) is 5. The van der Waals surface area contributed by atoms with Crippen molar-refractivity contribution in [2.24, 2.45) is 0 Å². The number of hydrazine groups is 1. The minimum Gasteiger partial charge on any atom is -0.488 e. The summed E-state index contributed by atoms with van der Waals surface area (Å²) in [5, 5.41) is 1.97. The van der Waals surface area contributed by atoms with Crippen molar-refractivity contribution in [3.05, 3.63) is 103 Å².